The number of aliphatic imine (C=N–C) groups is 1. The minimum atomic E-state index is -1.39. The van der Waals surface area contributed by atoms with Crippen LogP contribution in [0, 0.1) is 0 Å². The van der Waals surface area contributed by atoms with Gasteiger partial charge in [0.1, 0.15) is 12.1 Å². The highest BCUT2D eigenvalue weighted by Crippen LogP contribution is 2.18. The number of carbonyl (C=O) groups is 5. The lowest BCUT2D eigenvalue weighted by Crippen LogP contribution is -2.54. The van der Waals surface area contributed by atoms with Gasteiger partial charge in [-0.3, -0.25) is 24.2 Å². The Morgan fingerprint density at radius 2 is 1.71 bits per heavy atom. The zero-order chi connectivity index (χ0) is 28.2. The number of fused-ring (bicyclic) bond motifs is 1. The number of primary amides is 1. The molecule has 0 aliphatic carbocycles. The number of carbonyl (C=O) groups excluding carboxylic acids is 4. The molecule has 4 amide bonds. The number of nitrogens with zero attached hydrogens (tertiary/aromatic N) is 1. The third-order valence-electron chi connectivity index (χ3n) is 5.49. The molecule has 1 heterocycles. The highest BCUT2D eigenvalue weighted by Gasteiger charge is 2.27. The summed E-state index contributed by atoms with van der Waals surface area (Å²) in [5, 5.41) is 17.1. The van der Waals surface area contributed by atoms with E-state index < -0.39 is 60.7 Å². The Kier molecular flexibility index (Phi) is 11.0. The first kappa shape index (κ1) is 29.6. The van der Waals surface area contributed by atoms with Crippen LogP contribution in [-0.2, 0) is 30.4 Å². The van der Waals surface area contributed by atoms with Crippen LogP contribution >= 0.6 is 0 Å². The summed E-state index contributed by atoms with van der Waals surface area (Å²) >= 11 is 0. The molecule has 1 aromatic carbocycles. The molecule has 206 valence electrons. The minimum Gasteiger partial charge on any atom is -0.480 e. The van der Waals surface area contributed by atoms with Crippen LogP contribution in [0.25, 0.3) is 10.9 Å². The summed E-state index contributed by atoms with van der Waals surface area (Å²) in [5.74, 6) is -4.66. The fourth-order valence-corrected chi connectivity index (χ4v) is 3.62. The van der Waals surface area contributed by atoms with Crippen molar-refractivity contribution in [3.63, 3.8) is 0 Å². The van der Waals surface area contributed by atoms with Crippen LogP contribution < -0.4 is 38.9 Å². The molecule has 0 saturated carbocycles. The first-order chi connectivity index (χ1) is 18.0. The molecule has 2 rings (SSSR count). The zero-order valence-corrected chi connectivity index (χ0v) is 20.6. The van der Waals surface area contributed by atoms with Crippen molar-refractivity contribution in [1.29, 1.82) is 0 Å². The molecule has 15 heteroatoms. The number of nitrogens with two attached hydrogens (primary N) is 4. The standard InChI is InChI=1S/C23H33N9O6/c24-14(8-12-10-29-15-5-2-1-4-13(12)15)20(35)32-17(9-18(25)33)21(36)30-11-19(34)31-16(22(37)38)6-3-7-28-23(26)27/h1-2,4-5,10,14,16-17,29H,3,6-9,11,24H2,(H2,25,33)(H,30,36)(H,31,34)(H,32,35)(H,37,38)(H4,26,27,28). The van der Waals surface area contributed by atoms with E-state index in [4.69, 9.17) is 22.9 Å². The fraction of sp³-hybridized carbons (Fsp3) is 0.391. The summed E-state index contributed by atoms with van der Waals surface area (Å²) in [7, 11) is 0. The minimum absolute atomic E-state index is 0.0421. The SMILES string of the molecule is NC(=O)CC(NC(=O)C(N)Cc1c[nH]c2ccccc12)C(=O)NCC(=O)NC(CCCN=C(N)N)C(=O)O. The lowest BCUT2D eigenvalue weighted by molar-refractivity contribution is -0.142. The van der Waals surface area contributed by atoms with E-state index in [1.807, 2.05) is 24.3 Å². The number of guanidine groups is 1. The molecule has 3 atom stereocenters. The number of aliphatic carboxylic acids is 1. The number of benzene rings is 1. The highest BCUT2D eigenvalue weighted by molar-refractivity contribution is 5.95. The Balaban J connectivity index is 1.92. The molecule has 38 heavy (non-hydrogen) atoms. The van der Waals surface area contributed by atoms with Crippen LogP contribution in [0.2, 0.25) is 0 Å². The number of rotatable bonds is 15. The Morgan fingerprint density at radius 1 is 1.00 bits per heavy atom. The number of hydrogen-bond acceptors (Lipinski definition) is 7. The number of nitrogens with one attached hydrogen (secondary N) is 4. The van der Waals surface area contributed by atoms with Gasteiger partial charge in [0.15, 0.2) is 5.96 Å². The molecule has 3 unspecified atom stereocenters. The first-order valence-electron chi connectivity index (χ1n) is 11.7. The largest absolute Gasteiger partial charge is 0.480 e. The van der Waals surface area contributed by atoms with Crippen LogP contribution in [0.3, 0.4) is 0 Å². The number of carboxylic acid groups (broad SMARTS) is 1. The average Bonchev–Trinajstić information content (AvgIpc) is 3.26. The number of carboxylic acids is 1. The van der Waals surface area contributed by atoms with Crippen molar-refractivity contribution >= 4 is 46.5 Å². The molecule has 0 bridgehead atoms. The molecule has 0 radical (unpaired) electrons. The van der Waals surface area contributed by atoms with Gasteiger partial charge in [0, 0.05) is 23.6 Å². The average molecular weight is 532 g/mol. The Morgan fingerprint density at radius 3 is 2.37 bits per heavy atom. The lowest BCUT2D eigenvalue weighted by atomic mass is 10.0. The second kappa shape index (κ2) is 14.2. The summed E-state index contributed by atoms with van der Waals surface area (Å²) in [6.45, 7) is -0.432. The van der Waals surface area contributed by atoms with Crippen LogP contribution in [0.4, 0.5) is 0 Å². The molecular formula is C23H33N9O6. The van der Waals surface area contributed by atoms with Gasteiger partial charge in [-0.2, -0.15) is 0 Å². The number of aromatic amines is 1. The van der Waals surface area contributed by atoms with Gasteiger partial charge in [-0.25, -0.2) is 4.79 Å². The second-order valence-corrected chi connectivity index (χ2v) is 8.53. The molecule has 0 fully saturated rings. The first-order valence-corrected chi connectivity index (χ1v) is 11.7. The molecule has 0 aliphatic heterocycles. The van der Waals surface area contributed by atoms with Gasteiger partial charge >= 0.3 is 5.97 Å². The van der Waals surface area contributed by atoms with E-state index in [0.29, 0.717) is 0 Å². The predicted octanol–water partition coefficient (Wildman–Crippen LogP) is -2.86. The summed E-state index contributed by atoms with van der Waals surface area (Å²) in [4.78, 5) is 67.2. The molecule has 0 aliphatic rings. The maximum absolute atomic E-state index is 12.7. The summed E-state index contributed by atoms with van der Waals surface area (Å²) < 4.78 is 0. The third-order valence-corrected chi connectivity index (χ3v) is 5.49. The normalized spacial score (nSPS) is 13.1. The summed E-state index contributed by atoms with van der Waals surface area (Å²) in [6.07, 6.45) is 1.67. The fourth-order valence-electron chi connectivity index (χ4n) is 3.62. The summed E-state index contributed by atoms with van der Waals surface area (Å²) in [6, 6.07) is 3.78. The van der Waals surface area contributed by atoms with Crippen molar-refractivity contribution in [2.45, 2.75) is 43.8 Å². The smallest absolute Gasteiger partial charge is 0.326 e. The highest BCUT2D eigenvalue weighted by atomic mass is 16.4. The quantitative estimate of drug-likeness (QED) is 0.0648. The van der Waals surface area contributed by atoms with Crippen LogP contribution in [0.1, 0.15) is 24.8 Å². The van der Waals surface area contributed by atoms with Crippen molar-refractivity contribution in [2.75, 3.05) is 13.1 Å². The molecule has 15 nitrogen and oxygen atoms in total. The third kappa shape index (κ3) is 9.42. The van der Waals surface area contributed by atoms with E-state index in [1.165, 1.54) is 0 Å². The van der Waals surface area contributed by atoms with E-state index in [2.05, 4.69) is 25.9 Å². The number of amides is 4. The molecule has 13 N–H and O–H groups in total. The monoisotopic (exact) mass is 531 g/mol. The van der Waals surface area contributed by atoms with Gasteiger partial charge in [-0.05, 0) is 30.9 Å². The van der Waals surface area contributed by atoms with Crippen LogP contribution in [0.5, 0.6) is 0 Å². The van der Waals surface area contributed by atoms with E-state index in [9.17, 15) is 29.1 Å². The van der Waals surface area contributed by atoms with Crippen molar-refractivity contribution in [3.05, 3.63) is 36.0 Å². The molecular weight excluding hydrogens is 498 g/mol. The van der Waals surface area contributed by atoms with Crippen molar-refractivity contribution in [3.8, 4) is 0 Å². The van der Waals surface area contributed by atoms with Crippen LogP contribution in [-0.4, -0.2) is 76.9 Å². The van der Waals surface area contributed by atoms with Crippen molar-refractivity contribution in [1.82, 2.24) is 20.9 Å². The Bertz CT molecular complexity index is 1190. The maximum atomic E-state index is 12.7. The van der Waals surface area contributed by atoms with Gasteiger partial charge in [-0.15, -0.1) is 0 Å². The maximum Gasteiger partial charge on any atom is 0.326 e. The van der Waals surface area contributed by atoms with Gasteiger partial charge in [0.2, 0.25) is 23.6 Å². The summed E-state index contributed by atoms with van der Waals surface area (Å²) in [5.41, 5.74) is 23.3. The van der Waals surface area contributed by atoms with Crippen molar-refractivity contribution < 1.29 is 29.1 Å². The van der Waals surface area contributed by atoms with E-state index in [0.717, 1.165) is 16.5 Å². The van der Waals surface area contributed by atoms with Gasteiger partial charge < -0.3 is 49.0 Å². The van der Waals surface area contributed by atoms with Crippen molar-refractivity contribution in [2.24, 2.45) is 27.9 Å². The van der Waals surface area contributed by atoms with Gasteiger partial charge in [0.25, 0.3) is 0 Å². The Labute approximate surface area is 217 Å². The number of para-hydroxylation sites is 1. The molecule has 2 aromatic rings. The molecule has 0 saturated heterocycles. The molecule has 1 aromatic heterocycles. The number of H-pyrrole nitrogens is 1. The topological polar surface area (TPSA) is 274 Å². The molecule has 0 spiro atoms. The number of hydrogen-bond donors (Lipinski definition) is 9. The Hall–Kier alpha value is -4.66. The lowest BCUT2D eigenvalue weighted by Gasteiger charge is -2.20. The second-order valence-electron chi connectivity index (χ2n) is 8.53. The zero-order valence-electron chi connectivity index (χ0n) is 20.6. The van der Waals surface area contributed by atoms with Gasteiger partial charge in [-0.1, -0.05) is 18.2 Å². The van der Waals surface area contributed by atoms with E-state index in [1.54, 1.807) is 6.20 Å². The van der Waals surface area contributed by atoms with E-state index >= 15 is 0 Å². The number of aromatic nitrogens is 1. The predicted molar refractivity (Wildman–Crippen MR) is 138 cm³/mol. The van der Waals surface area contributed by atoms with Gasteiger partial charge in [0.05, 0.1) is 19.0 Å². The van der Waals surface area contributed by atoms with E-state index in [-0.39, 0.29) is 31.8 Å². The van der Waals surface area contributed by atoms with Crippen LogP contribution in [0.15, 0.2) is 35.5 Å².